The van der Waals surface area contributed by atoms with Crippen LogP contribution in [0.5, 0.6) is 0 Å². The van der Waals surface area contributed by atoms with Crippen molar-refractivity contribution in [3.63, 3.8) is 0 Å². The van der Waals surface area contributed by atoms with Crippen molar-refractivity contribution in [1.82, 2.24) is 0 Å². The highest BCUT2D eigenvalue weighted by Gasteiger charge is 2.46. The molecule has 0 saturated carbocycles. The number of amides is 1. The van der Waals surface area contributed by atoms with Gasteiger partial charge < -0.3 is 24.8 Å². The van der Waals surface area contributed by atoms with Gasteiger partial charge in [0.25, 0.3) is 30.4 Å². The van der Waals surface area contributed by atoms with Crippen LogP contribution in [0.3, 0.4) is 0 Å². The monoisotopic (exact) mass is 1040 g/mol. The summed E-state index contributed by atoms with van der Waals surface area (Å²) in [5.74, 6) is -0.245. The summed E-state index contributed by atoms with van der Waals surface area (Å²) in [6, 6.07) is 16.0. The van der Waals surface area contributed by atoms with Crippen molar-refractivity contribution in [2.24, 2.45) is 0 Å². The van der Waals surface area contributed by atoms with E-state index in [-0.39, 0.29) is 39.3 Å². The number of rotatable bonds is 16. The molecule has 0 spiro atoms. The largest absolute Gasteiger partial charge is 0.744 e. The summed E-state index contributed by atoms with van der Waals surface area (Å²) in [6.07, 6.45) is 10.8. The average Bonchev–Trinajstić information content (AvgIpc) is 3.62. The van der Waals surface area contributed by atoms with Crippen LogP contribution < -0.4 is 15.7 Å². The molecule has 0 fully saturated rings. The highest BCUT2D eigenvalue weighted by molar-refractivity contribution is 7.87. The fourth-order valence-corrected chi connectivity index (χ4v) is 12.3. The lowest BCUT2D eigenvalue weighted by Gasteiger charge is -2.26. The SMILES string of the molecule is CCN1/C(=C/C=C/C=C/C2=[N+](CCCCCC(=O)Nc3ccc(B(O)O)cc3)c3ccc4c(S(=O)(=O)[O-])cc(S(=O)(=O)O)cc4c3C2(C)C)C(C)(C)c2c1ccc1c(S(=O)(=O)O)cc(S(=O)(=O)O)cc21. The standard InChI is InChI=1S/C47H50BN3O15S4/c1-6-50-37-22-20-33-35(25-31(67(55,56)57)27-39(33)69(61,62)63)44(37)46(2,3)41(50)13-9-7-10-14-42-47(4,5)45-36-26-32(68(58,59)60)28-40(70(64,65)66)34(36)21-23-38(45)51(42)24-12-8-11-15-43(52)49-30-18-16-29(17-19-30)48(53)54/h7,9-10,13-14,16-23,25-28,53-54H,6,8,11-12,15,24H2,1-5H3,(H4-,49,52,55,56,57,58,59,60,61,62,63,64,65,66). The normalized spacial score (nSPS) is 16.6. The Hall–Kier alpha value is -5.60. The zero-order valence-corrected chi connectivity index (χ0v) is 41.7. The van der Waals surface area contributed by atoms with Crippen LogP contribution in [0.1, 0.15) is 71.4 Å². The summed E-state index contributed by atoms with van der Waals surface area (Å²) < 4.78 is 144. The van der Waals surface area contributed by atoms with Crippen molar-refractivity contribution in [2.45, 2.75) is 90.7 Å². The van der Waals surface area contributed by atoms with Crippen LogP contribution in [0.4, 0.5) is 17.1 Å². The van der Waals surface area contributed by atoms with Crippen molar-refractivity contribution >= 4 is 103 Å². The lowest BCUT2D eigenvalue weighted by Crippen LogP contribution is -2.29. The summed E-state index contributed by atoms with van der Waals surface area (Å²) in [6.45, 7) is 10.2. The van der Waals surface area contributed by atoms with Gasteiger partial charge in [-0.3, -0.25) is 18.5 Å². The molecule has 5 aromatic rings. The minimum Gasteiger partial charge on any atom is -0.744 e. The first kappa shape index (κ1) is 52.2. The van der Waals surface area contributed by atoms with Gasteiger partial charge in [0.05, 0.1) is 20.1 Å². The Labute approximate surface area is 406 Å². The number of unbranched alkanes of at least 4 members (excludes halogenated alkanes) is 2. The number of likely N-dealkylation sites (N-methyl/N-ethyl adjacent to an activating group) is 1. The Balaban J connectivity index is 1.23. The minimum absolute atomic E-state index is 0.0315. The number of fused-ring (bicyclic) bond motifs is 6. The molecule has 1 amide bonds. The summed E-state index contributed by atoms with van der Waals surface area (Å²) >= 11 is 0. The molecule has 0 aliphatic carbocycles. The first-order valence-corrected chi connectivity index (χ1v) is 27.6. The van der Waals surface area contributed by atoms with Crippen molar-refractivity contribution in [2.75, 3.05) is 23.3 Å². The van der Waals surface area contributed by atoms with Crippen molar-refractivity contribution in [3.8, 4) is 0 Å². The van der Waals surface area contributed by atoms with Gasteiger partial charge in [0.15, 0.2) is 5.71 Å². The third-order valence-electron chi connectivity index (χ3n) is 12.8. The molecule has 6 N–H and O–H groups in total. The summed E-state index contributed by atoms with van der Waals surface area (Å²) in [4.78, 5) is 11.8. The molecule has 0 bridgehead atoms. The molecule has 0 aromatic heterocycles. The van der Waals surface area contributed by atoms with E-state index < -0.39 is 78.0 Å². The predicted octanol–water partition coefficient (Wildman–Crippen LogP) is 5.71. The van der Waals surface area contributed by atoms with Crippen LogP contribution in [-0.4, -0.2) is 98.3 Å². The van der Waals surface area contributed by atoms with E-state index in [1.165, 1.54) is 30.3 Å². The Morgan fingerprint density at radius 2 is 1.29 bits per heavy atom. The van der Waals surface area contributed by atoms with Crippen LogP contribution in [0.15, 0.2) is 128 Å². The van der Waals surface area contributed by atoms with Gasteiger partial charge in [-0.1, -0.05) is 50.3 Å². The summed E-state index contributed by atoms with van der Waals surface area (Å²) in [7, 11) is -21.7. The summed E-state index contributed by atoms with van der Waals surface area (Å²) in [5.41, 5.74) is 2.63. The number of hydrogen-bond acceptors (Lipinski definition) is 13. The maximum Gasteiger partial charge on any atom is 0.488 e. The maximum absolute atomic E-state index is 12.8. The second kappa shape index (κ2) is 18.9. The first-order chi connectivity index (χ1) is 32.5. The highest BCUT2D eigenvalue weighted by Crippen LogP contribution is 2.52. The molecule has 70 heavy (non-hydrogen) atoms. The molecule has 2 aliphatic heterocycles. The van der Waals surface area contributed by atoms with Crippen LogP contribution in [0.2, 0.25) is 0 Å². The number of carbonyl (C=O) groups excluding carboxylic acids is 1. The molecule has 2 aliphatic rings. The molecule has 0 saturated heterocycles. The molecule has 5 aromatic carbocycles. The van der Waals surface area contributed by atoms with Gasteiger partial charge in [-0.2, -0.15) is 29.8 Å². The minimum atomic E-state index is -5.23. The van der Waals surface area contributed by atoms with E-state index in [1.54, 1.807) is 42.5 Å². The predicted molar refractivity (Wildman–Crippen MR) is 264 cm³/mol. The molecular weight excluding hydrogens is 986 g/mol. The van der Waals surface area contributed by atoms with Crippen molar-refractivity contribution in [1.29, 1.82) is 0 Å². The van der Waals surface area contributed by atoms with E-state index in [0.717, 1.165) is 11.8 Å². The van der Waals surface area contributed by atoms with Crippen LogP contribution >= 0.6 is 0 Å². The van der Waals surface area contributed by atoms with E-state index in [2.05, 4.69) is 5.32 Å². The zero-order chi connectivity index (χ0) is 51.5. The molecule has 2 heterocycles. The number of nitrogens with one attached hydrogen (secondary N) is 1. The molecule has 370 valence electrons. The lowest BCUT2D eigenvalue weighted by molar-refractivity contribution is -0.438. The smallest absolute Gasteiger partial charge is 0.488 e. The summed E-state index contributed by atoms with van der Waals surface area (Å²) in [5, 5.41) is 21.8. The van der Waals surface area contributed by atoms with Gasteiger partial charge in [-0.15, -0.1) is 0 Å². The van der Waals surface area contributed by atoms with Crippen molar-refractivity contribution in [3.05, 3.63) is 120 Å². The first-order valence-electron chi connectivity index (χ1n) is 21.8. The molecule has 23 heteroatoms. The second-order valence-electron chi connectivity index (χ2n) is 18.0. The Kier molecular flexibility index (Phi) is 14.1. The average molecular weight is 1040 g/mol. The number of carbonyl (C=O) groups is 1. The van der Waals surface area contributed by atoms with E-state index in [0.29, 0.717) is 78.4 Å². The quantitative estimate of drug-likeness (QED) is 0.0227. The Morgan fingerprint density at radius 1 is 0.700 bits per heavy atom. The number of anilines is 2. The number of allylic oxidation sites excluding steroid dienone is 6. The molecule has 18 nitrogen and oxygen atoms in total. The molecule has 0 atom stereocenters. The fraction of sp³-hybridized carbons (Fsp3) is 0.277. The van der Waals surface area contributed by atoms with E-state index >= 15 is 0 Å². The molecule has 0 unspecified atom stereocenters. The van der Waals surface area contributed by atoms with Gasteiger partial charge in [-0.05, 0) is 110 Å². The highest BCUT2D eigenvalue weighted by atomic mass is 32.2. The number of hydrogen-bond donors (Lipinski definition) is 6. The second-order valence-corrected chi connectivity index (χ2v) is 23.6. The van der Waals surface area contributed by atoms with Crippen LogP contribution in [-0.2, 0) is 56.1 Å². The van der Waals surface area contributed by atoms with Gasteiger partial charge in [0.1, 0.15) is 21.6 Å². The van der Waals surface area contributed by atoms with Crippen LogP contribution in [0.25, 0.3) is 21.5 Å². The van der Waals surface area contributed by atoms with E-state index in [4.69, 9.17) is 0 Å². The maximum atomic E-state index is 12.8. The van der Waals surface area contributed by atoms with Gasteiger partial charge in [0, 0.05) is 70.4 Å². The van der Waals surface area contributed by atoms with Gasteiger partial charge in [0.2, 0.25) is 11.6 Å². The number of benzene rings is 5. The zero-order valence-electron chi connectivity index (χ0n) is 38.5. The fourth-order valence-electron chi connectivity index (χ4n) is 9.63. The number of nitrogens with zero attached hydrogens (tertiary/aromatic N) is 2. The van der Waals surface area contributed by atoms with Crippen molar-refractivity contribution < 1.29 is 71.3 Å². The molecular formula is C47H50BN3O15S4. The Morgan fingerprint density at radius 3 is 1.86 bits per heavy atom. The van der Waals surface area contributed by atoms with Gasteiger partial charge in [-0.25, -0.2) is 8.42 Å². The molecule has 0 radical (unpaired) electrons. The molecule has 7 rings (SSSR count). The van der Waals surface area contributed by atoms with E-state index in [9.17, 15) is 66.7 Å². The van der Waals surface area contributed by atoms with Gasteiger partial charge >= 0.3 is 7.12 Å². The lowest BCUT2D eigenvalue weighted by atomic mass is 9.79. The third-order valence-corrected chi connectivity index (χ3v) is 16.2. The Bertz CT molecular complexity index is 3590. The third kappa shape index (κ3) is 10.1. The van der Waals surface area contributed by atoms with E-state index in [1.807, 2.05) is 56.2 Å². The van der Waals surface area contributed by atoms with Crippen LogP contribution in [0, 0.1) is 0 Å². The topological polar surface area (TPSA) is 296 Å².